The highest BCUT2D eigenvalue weighted by Gasteiger charge is 2.29. The summed E-state index contributed by atoms with van der Waals surface area (Å²) in [7, 11) is 0. The fraction of sp³-hybridized carbons (Fsp3) is 0.182. The van der Waals surface area contributed by atoms with Gasteiger partial charge in [0.2, 0.25) is 0 Å². The van der Waals surface area contributed by atoms with Gasteiger partial charge in [0.1, 0.15) is 17.5 Å². The van der Waals surface area contributed by atoms with Gasteiger partial charge in [0.25, 0.3) is 5.91 Å². The number of oxime groups is 1. The highest BCUT2D eigenvalue weighted by Crippen LogP contribution is 2.21. The smallest absolute Gasteiger partial charge is 0.289 e. The molecule has 4 rings (SSSR count). The van der Waals surface area contributed by atoms with Gasteiger partial charge >= 0.3 is 0 Å². The second-order valence-corrected chi connectivity index (χ2v) is 6.88. The Morgan fingerprint density at radius 2 is 1.90 bits per heavy atom. The first-order valence-electron chi connectivity index (χ1n) is 9.25. The Kier molecular flexibility index (Phi) is 5.56. The van der Waals surface area contributed by atoms with E-state index in [1.165, 1.54) is 35.4 Å². The molecule has 2 aromatic carbocycles. The molecule has 0 fully saturated rings. The first kappa shape index (κ1) is 19.8. The third-order valence-electron chi connectivity index (χ3n) is 4.71. The molecular formula is C22H17F3N2O3. The summed E-state index contributed by atoms with van der Waals surface area (Å²) in [6, 6.07) is 12.2. The minimum absolute atomic E-state index is 0.0820. The van der Waals surface area contributed by atoms with E-state index >= 15 is 0 Å². The summed E-state index contributed by atoms with van der Waals surface area (Å²) < 4.78 is 46.0. The zero-order valence-electron chi connectivity index (χ0n) is 15.7. The van der Waals surface area contributed by atoms with E-state index in [4.69, 9.17) is 9.25 Å². The second kappa shape index (κ2) is 8.44. The molecule has 1 aliphatic rings. The number of rotatable bonds is 6. The predicted octanol–water partition coefficient (Wildman–Crippen LogP) is 4.53. The van der Waals surface area contributed by atoms with Crippen molar-refractivity contribution in [3.63, 3.8) is 0 Å². The number of amides is 1. The lowest BCUT2D eigenvalue weighted by Gasteiger charge is -2.24. The number of carbonyl (C=O) groups is 1. The van der Waals surface area contributed by atoms with Crippen LogP contribution in [-0.2, 0) is 11.4 Å². The number of furan rings is 1. The summed E-state index contributed by atoms with van der Waals surface area (Å²) in [6.07, 6.45) is 1.20. The minimum Gasteiger partial charge on any atom is -0.459 e. The Morgan fingerprint density at radius 3 is 2.63 bits per heavy atom. The molecule has 5 nitrogen and oxygen atoms in total. The van der Waals surface area contributed by atoms with Crippen LogP contribution in [0.4, 0.5) is 13.2 Å². The van der Waals surface area contributed by atoms with Gasteiger partial charge in [-0.15, -0.1) is 0 Å². The van der Waals surface area contributed by atoms with Crippen LogP contribution in [0.15, 0.2) is 70.4 Å². The Hall–Kier alpha value is -3.55. The van der Waals surface area contributed by atoms with Crippen molar-refractivity contribution in [3.8, 4) is 0 Å². The normalized spacial score (nSPS) is 15.6. The van der Waals surface area contributed by atoms with Gasteiger partial charge < -0.3 is 14.2 Å². The molecule has 1 aliphatic heterocycles. The Labute approximate surface area is 170 Å². The molecule has 1 aromatic heterocycles. The number of hydrogen-bond acceptors (Lipinski definition) is 4. The highest BCUT2D eigenvalue weighted by molar-refractivity contribution is 6.01. The molecule has 1 amide bonds. The molecule has 1 atom stereocenters. The molecular weight excluding hydrogens is 397 g/mol. The van der Waals surface area contributed by atoms with Gasteiger partial charge in [-0.05, 0) is 30.3 Å². The lowest BCUT2D eigenvalue weighted by Crippen LogP contribution is -2.37. The molecule has 0 saturated carbocycles. The maximum atomic E-state index is 14.2. The van der Waals surface area contributed by atoms with Crippen molar-refractivity contribution < 1.29 is 27.2 Å². The van der Waals surface area contributed by atoms with Gasteiger partial charge in [-0.25, -0.2) is 13.2 Å². The zero-order chi connectivity index (χ0) is 21.1. The monoisotopic (exact) mass is 414 g/mol. The molecule has 30 heavy (non-hydrogen) atoms. The average molecular weight is 414 g/mol. The van der Waals surface area contributed by atoms with Gasteiger partial charge in [-0.2, -0.15) is 0 Å². The van der Waals surface area contributed by atoms with Crippen LogP contribution in [0.5, 0.6) is 0 Å². The Bertz CT molecular complexity index is 1080. The van der Waals surface area contributed by atoms with Crippen LogP contribution in [0.3, 0.4) is 0 Å². The van der Waals surface area contributed by atoms with Gasteiger partial charge in [-0.1, -0.05) is 23.4 Å². The van der Waals surface area contributed by atoms with E-state index in [9.17, 15) is 18.0 Å². The van der Waals surface area contributed by atoms with Crippen LogP contribution in [-0.4, -0.2) is 29.2 Å². The predicted molar refractivity (Wildman–Crippen MR) is 102 cm³/mol. The molecule has 0 bridgehead atoms. The lowest BCUT2D eigenvalue weighted by atomic mass is 10.0. The molecule has 0 saturated heterocycles. The van der Waals surface area contributed by atoms with Crippen molar-refractivity contribution >= 4 is 11.6 Å². The van der Waals surface area contributed by atoms with E-state index in [1.54, 1.807) is 18.2 Å². The van der Waals surface area contributed by atoms with Gasteiger partial charge in [0.05, 0.1) is 18.5 Å². The van der Waals surface area contributed by atoms with Crippen molar-refractivity contribution in [2.45, 2.75) is 19.1 Å². The third-order valence-corrected chi connectivity index (χ3v) is 4.71. The quantitative estimate of drug-likeness (QED) is 0.596. The third kappa shape index (κ3) is 4.37. The molecule has 3 aromatic rings. The molecule has 2 heterocycles. The first-order chi connectivity index (χ1) is 14.5. The molecule has 0 spiro atoms. The van der Waals surface area contributed by atoms with Crippen LogP contribution in [0.1, 0.15) is 28.1 Å². The largest absolute Gasteiger partial charge is 0.459 e. The van der Waals surface area contributed by atoms with Crippen molar-refractivity contribution in [3.05, 3.63) is 95.2 Å². The molecule has 0 N–H and O–H groups in total. The number of halogens is 3. The van der Waals surface area contributed by atoms with Gasteiger partial charge in [0.15, 0.2) is 11.9 Å². The molecule has 8 heteroatoms. The van der Waals surface area contributed by atoms with Crippen LogP contribution in [0, 0.1) is 17.5 Å². The maximum Gasteiger partial charge on any atom is 0.289 e. The topological polar surface area (TPSA) is 55.0 Å². The molecule has 1 unspecified atom stereocenters. The van der Waals surface area contributed by atoms with E-state index in [-0.39, 0.29) is 30.2 Å². The van der Waals surface area contributed by atoms with Crippen LogP contribution < -0.4 is 0 Å². The number of hydrogen-bond donors (Lipinski definition) is 0. The van der Waals surface area contributed by atoms with Gasteiger partial charge in [-0.3, -0.25) is 4.79 Å². The van der Waals surface area contributed by atoms with Crippen LogP contribution >= 0.6 is 0 Å². The summed E-state index contributed by atoms with van der Waals surface area (Å²) in [5.41, 5.74) is 1.30. The number of benzene rings is 2. The van der Waals surface area contributed by atoms with Crippen molar-refractivity contribution in [2.24, 2.45) is 5.16 Å². The van der Waals surface area contributed by atoms with Crippen molar-refractivity contribution in [2.75, 3.05) is 6.54 Å². The standard InChI is InChI=1S/C22H17F3N2O3/c23-16-4-1-3-14(9-16)20-11-18(30-26-20)13-27(22(28)21-5-2-8-29-21)12-15-6-7-17(24)10-19(15)25/h1-10,18H,11-13H2. The average Bonchev–Trinajstić information content (AvgIpc) is 3.41. The molecule has 0 aliphatic carbocycles. The number of nitrogens with zero attached hydrogens (tertiary/aromatic N) is 2. The summed E-state index contributed by atoms with van der Waals surface area (Å²) in [6.45, 7) is -0.0283. The van der Waals surface area contributed by atoms with E-state index in [1.807, 2.05) is 0 Å². The second-order valence-electron chi connectivity index (χ2n) is 6.88. The molecule has 0 radical (unpaired) electrons. The fourth-order valence-corrected chi connectivity index (χ4v) is 3.24. The summed E-state index contributed by atoms with van der Waals surface area (Å²) in [5, 5.41) is 4.00. The fourth-order valence-electron chi connectivity index (χ4n) is 3.24. The van der Waals surface area contributed by atoms with E-state index in [0.29, 0.717) is 17.7 Å². The van der Waals surface area contributed by atoms with Crippen LogP contribution in [0.2, 0.25) is 0 Å². The zero-order valence-corrected chi connectivity index (χ0v) is 15.7. The van der Waals surface area contributed by atoms with E-state index < -0.39 is 23.6 Å². The van der Waals surface area contributed by atoms with E-state index in [2.05, 4.69) is 5.16 Å². The van der Waals surface area contributed by atoms with E-state index in [0.717, 1.165) is 12.1 Å². The summed E-state index contributed by atoms with van der Waals surface area (Å²) in [4.78, 5) is 19.6. The Morgan fingerprint density at radius 1 is 1.07 bits per heavy atom. The molecule has 154 valence electrons. The van der Waals surface area contributed by atoms with Gasteiger partial charge in [0, 0.05) is 30.2 Å². The highest BCUT2D eigenvalue weighted by atomic mass is 19.1. The SMILES string of the molecule is O=C(c1ccco1)N(Cc1ccc(F)cc1F)CC1CC(c2cccc(F)c2)=NO1. The van der Waals surface area contributed by atoms with Crippen molar-refractivity contribution in [1.82, 2.24) is 4.90 Å². The summed E-state index contributed by atoms with van der Waals surface area (Å²) >= 11 is 0. The number of carbonyl (C=O) groups excluding carboxylic acids is 1. The first-order valence-corrected chi connectivity index (χ1v) is 9.25. The van der Waals surface area contributed by atoms with Crippen LogP contribution in [0.25, 0.3) is 0 Å². The minimum atomic E-state index is -0.753. The lowest BCUT2D eigenvalue weighted by molar-refractivity contribution is 0.0385. The van der Waals surface area contributed by atoms with Crippen molar-refractivity contribution in [1.29, 1.82) is 0 Å². The Balaban J connectivity index is 1.51. The maximum absolute atomic E-state index is 14.2. The summed E-state index contributed by atoms with van der Waals surface area (Å²) in [5.74, 6) is -2.22.